The Morgan fingerprint density at radius 3 is 2.56 bits per heavy atom. The molecule has 1 aromatic carbocycles. The molecule has 1 saturated heterocycles. The van der Waals surface area contributed by atoms with Crippen LogP contribution in [-0.2, 0) is 20.9 Å². The first-order valence-corrected chi connectivity index (χ1v) is 12.0. The lowest BCUT2D eigenvalue weighted by Gasteiger charge is -2.35. The maximum absolute atomic E-state index is 13.3. The van der Waals surface area contributed by atoms with Crippen LogP contribution in [0.2, 0.25) is 0 Å². The van der Waals surface area contributed by atoms with Gasteiger partial charge in [0.25, 0.3) is 0 Å². The molecule has 0 saturated carbocycles. The van der Waals surface area contributed by atoms with Gasteiger partial charge in [0.05, 0.1) is 22.2 Å². The fourth-order valence-corrected chi connectivity index (χ4v) is 4.86. The third kappa shape index (κ3) is 5.74. The lowest BCUT2D eigenvalue weighted by atomic mass is 9.85. The van der Waals surface area contributed by atoms with Gasteiger partial charge in [-0.1, -0.05) is 32.9 Å². The maximum Gasteiger partial charge on any atom is 0.246 e. The molecule has 1 aliphatic heterocycles. The van der Waals surface area contributed by atoms with Crippen LogP contribution in [0.1, 0.15) is 45.4 Å². The summed E-state index contributed by atoms with van der Waals surface area (Å²) in [6.07, 6.45) is -0.739. The van der Waals surface area contributed by atoms with Gasteiger partial charge in [-0.15, -0.1) is 11.3 Å². The minimum Gasteiger partial charge on any atom is -0.508 e. The molecule has 3 amide bonds. The maximum atomic E-state index is 13.3. The number of hydrogen-bond donors (Lipinski definition) is 4. The Kier molecular flexibility index (Phi) is 7.62. The van der Waals surface area contributed by atoms with Crippen molar-refractivity contribution in [3.05, 3.63) is 35.0 Å². The van der Waals surface area contributed by atoms with Gasteiger partial charge in [0.15, 0.2) is 0 Å². The molecule has 34 heavy (non-hydrogen) atoms. The predicted molar refractivity (Wildman–Crippen MR) is 129 cm³/mol. The summed E-state index contributed by atoms with van der Waals surface area (Å²) in [5.41, 5.74) is 3.41. The molecule has 0 spiro atoms. The zero-order valence-corrected chi connectivity index (χ0v) is 20.9. The number of likely N-dealkylation sites (tertiary alicyclic amines) is 1. The summed E-state index contributed by atoms with van der Waals surface area (Å²) in [4.78, 5) is 44.5. The highest BCUT2D eigenvalue weighted by molar-refractivity contribution is 7.13. The monoisotopic (exact) mass is 488 g/mol. The molecule has 0 radical (unpaired) electrons. The number of aliphatic hydroxyl groups is 1. The molecule has 2 aromatic rings. The predicted octanol–water partition coefficient (Wildman–Crippen LogP) is 1.95. The van der Waals surface area contributed by atoms with E-state index < -0.39 is 35.4 Å². The number of rotatable bonds is 6. The van der Waals surface area contributed by atoms with Gasteiger partial charge in [-0.25, -0.2) is 4.98 Å². The third-order valence-corrected chi connectivity index (χ3v) is 6.85. The van der Waals surface area contributed by atoms with Crippen LogP contribution in [0.3, 0.4) is 0 Å². The van der Waals surface area contributed by atoms with E-state index >= 15 is 0 Å². The highest BCUT2D eigenvalue weighted by Crippen LogP contribution is 2.31. The van der Waals surface area contributed by atoms with Crippen LogP contribution in [-0.4, -0.2) is 62.6 Å². The van der Waals surface area contributed by atoms with Crippen LogP contribution < -0.4 is 10.6 Å². The molecule has 2 heterocycles. The number of thiazole rings is 1. The molecule has 4 N–H and O–H groups in total. The Labute approximate surface area is 203 Å². The van der Waals surface area contributed by atoms with Crippen LogP contribution in [0.25, 0.3) is 10.4 Å². The standard InChI is InChI=1S/C24H32N4O5S/c1-13-20(34-12-26-13)15-6-7-16(19(31)8-15)10-25-22(32)18-9-17(30)11-28(18)23(33)21(24(3,4)5)27-14(2)29/h6-8,12,17-18,21,30-31H,9-11H2,1-5H3,(H,25,32)(H,27,29)/t17-,18+,21?/m0/s1. The number of phenols is 1. The van der Waals surface area contributed by atoms with Gasteiger partial charge in [0, 0.05) is 32.0 Å². The van der Waals surface area contributed by atoms with E-state index in [0.717, 1.165) is 16.1 Å². The molecular formula is C24H32N4O5S. The van der Waals surface area contributed by atoms with Gasteiger partial charge in [-0.05, 0) is 24.0 Å². The number of aryl methyl sites for hydroxylation is 1. The largest absolute Gasteiger partial charge is 0.508 e. The molecule has 10 heteroatoms. The number of aromatic nitrogens is 1. The number of nitrogens with one attached hydrogen (secondary N) is 2. The van der Waals surface area contributed by atoms with Crippen molar-refractivity contribution in [2.75, 3.05) is 6.54 Å². The Morgan fingerprint density at radius 2 is 2.00 bits per heavy atom. The van der Waals surface area contributed by atoms with Crippen molar-refractivity contribution in [3.63, 3.8) is 0 Å². The van der Waals surface area contributed by atoms with E-state index in [0.29, 0.717) is 5.56 Å². The first kappa shape index (κ1) is 25.6. The molecule has 1 unspecified atom stereocenters. The Bertz CT molecular complexity index is 1080. The summed E-state index contributed by atoms with van der Waals surface area (Å²) in [7, 11) is 0. The number of benzene rings is 1. The van der Waals surface area contributed by atoms with Crippen molar-refractivity contribution in [1.29, 1.82) is 0 Å². The van der Waals surface area contributed by atoms with Gasteiger partial charge >= 0.3 is 0 Å². The number of amides is 3. The van der Waals surface area contributed by atoms with E-state index in [4.69, 9.17) is 0 Å². The summed E-state index contributed by atoms with van der Waals surface area (Å²) in [5.74, 6) is -1.14. The fraction of sp³-hybridized carbons (Fsp3) is 0.500. The number of hydrogen-bond acceptors (Lipinski definition) is 7. The number of aromatic hydroxyl groups is 1. The summed E-state index contributed by atoms with van der Waals surface area (Å²) in [6, 6.07) is 3.53. The van der Waals surface area contributed by atoms with Gasteiger partial charge in [0.1, 0.15) is 17.8 Å². The summed E-state index contributed by atoms with van der Waals surface area (Å²) in [6.45, 7) is 8.79. The van der Waals surface area contributed by atoms with E-state index in [1.165, 1.54) is 23.2 Å². The van der Waals surface area contributed by atoms with Crippen molar-refractivity contribution in [2.24, 2.45) is 5.41 Å². The molecule has 1 fully saturated rings. The van der Waals surface area contributed by atoms with Gasteiger partial charge < -0.3 is 25.7 Å². The second-order valence-corrected chi connectivity index (χ2v) is 10.6. The zero-order valence-electron chi connectivity index (χ0n) is 20.1. The van der Waals surface area contributed by atoms with Crippen molar-refractivity contribution in [2.45, 2.75) is 65.8 Å². The van der Waals surface area contributed by atoms with Crippen molar-refractivity contribution in [1.82, 2.24) is 20.5 Å². The average molecular weight is 489 g/mol. The van der Waals surface area contributed by atoms with Crippen LogP contribution in [0.5, 0.6) is 5.75 Å². The first-order valence-electron chi connectivity index (χ1n) is 11.1. The minimum atomic E-state index is -0.873. The third-order valence-electron chi connectivity index (χ3n) is 5.87. The summed E-state index contributed by atoms with van der Waals surface area (Å²) in [5, 5.41) is 26.1. The molecule has 184 valence electrons. The fourth-order valence-electron chi connectivity index (χ4n) is 4.06. The van der Waals surface area contributed by atoms with E-state index in [2.05, 4.69) is 15.6 Å². The van der Waals surface area contributed by atoms with Gasteiger partial charge in [0.2, 0.25) is 17.7 Å². The van der Waals surface area contributed by atoms with E-state index in [1.807, 2.05) is 33.8 Å². The second-order valence-electron chi connectivity index (χ2n) is 9.72. The molecule has 1 aliphatic rings. The Morgan fingerprint density at radius 1 is 1.29 bits per heavy atom. The summed E-state index contributed by atoms with van der Waals surface area (Å²) < 4.78 is 0. The lowest BCUT2D eigenvalue weighted by Crippen LogP contribution is -2.57. The van der Waals surface area contributed by atoms with E-state index in [9.17, 15) is 24.6 Å². The van der Waals surface area contributed by atoms with Crippen LogP contribution in [0.4, 0.5) is 0 Å². The van der Waals surface area contributed by atoms with Crippen molar-refractivity contribution < 1.29 is 24.6 Å². The molecule has 1 aromatic heterocycles. The minimum absolute atomic E-state index is 0.0111. The molecule has 0 aliphatic carbocycles. The number of phenolic OH excluding ortho intramolecular Hbond substituents is 1. The second kappa shape index (κ2) is 10.1. The first-order chi connectivity index (χ1) is 15.9. The van der Waals surface area contributed by atoms with Crippen LogP contribution >= 0.6 is 11.3 Å². The van der Waals surface area contributed by atoms with Gasteiger partial charge in [-0.3, -0.25) is 14.4 Å². The number of carbonyl (C=O) groups excluding carboxylic acids is 3. The van der Waals surface area contributed by atoms with Crippen LogP contribution in [0.15, 0.2) is 23.7 Å². The highest BCUT2D eigenvalue weighted by Gasteiger charge is 2.44. The van der Waals surface area contributed by atoms with Gasteiger partial charge in [-0.2, -0.15) is 0 Å². The lowest BCUT2D eigenvalue weighted by molar-refractivity contribution is -0.143. The Hall–Kier alpha value is -2.98. The number of nitrogens with zero attached hydrogens (tertiary/aromatic N) is 2. The molecule has 3 atom stereocenters. The van der Waals surface area contributed by atoms with E-state index in [-0.39, 0.29) is 31.2 Å². The van der Waals surface area contributed by atoms with Crippen LogP contribution in [0, 0.1) is 12.3 Å². The number of β-amino-alcohol motifs (C(OH)–C–C–N with tert-alkyl or cyclic N) is 1. The zero-order chi connectivity index (χ0) is 25.2. The molecule has 9 nitrogen and oxygen atoms in total. The average Bonchev–Trinajstić information content (AvgIpc) is 3.35. The normalized spacial score (nSPS) is 19.1. The van der Waals surface area contributed by atoms with E-state index in [1.54, 1.807) is 17.6 Å². The van der Waals surface area contributed by atoms with Crippen molar-refractivity contribution in [3.8, 4) is 16.2 Å². The quantitative estimate of drug-likeness (QED) is 0.491. The summed E-state index contributed by atoms with van der Waals surface area (Å²) >= 11 is 1.48. The Balaban J connectivity index is 1.71. The molecular weight excluding hydrogens is 456 g/mol. The topological polar surface area (TPSA) is 132 Å². The molecule has 0 bridgehead atoms. The highest BCUT2D eigenvalue weighted by atomic mass is 32.1. The number of carbonyl (C=O) groups is 3. The SMILES string of the molecule is CC(=O)NC(C(=O)N1C[C@@H](O)C[C@@H]1C(=O)NCc1ccc(-c2scnc2C)cc1O)C(C)(C)C. The number of aliphatic hydroxyl groups excluding tert-OH is 1. The smallest absolute Gasteiger partial charge is 0.246 e. The van der Waals surface area contributed by atoms with Crippen molar-refractivity contribution >= 4 is 29.1 Å². The molecule has 3 rings (SSSR count).